The molecule has 0 amide bonds. The van der Waals surface area contributed by atoms with E-state index < -0.39 is 0 Å². The lowest BCUT2D eigenvalue weighted by atomic mass is 10.7. The summed E-state index contributed by atoms with van der Waals surface area (Å²) in [7, 11) is 1.70. The van der Waals surface area contributed by atoms with Crippen molar-refractivity contribution in [2.75, 3.05) is 7.05 Å². The lowest BCUT2D eigenvalue weighted by molar-refractivity contribution is 0.167. The van der Waals surface area contributed by atoms with E-state index in [0.29, 0.717) is 0 Å². The van der Waals surface area contributed by atoms with Gasteiger partial charge in [0.15, 0.2) is 0 Å². The second kappa shape index (κ2) is 4.88. The molecule has 0 aromatic heterocycles. The zero-order chi connectivity index (χ0) is 4.28. The molecule has 1 unspecified atom stereocenters. The molecule has 0 aliphatic carbocycles. The van der Waals surface area contributed by atoms with Crippen LogP contribution in [0.3, 0.4) is 0 Å². The molecular weight excluding hydrogens is 80.0 g/mol. The SMILES string of the molecule is CNC(C)O.N. The molecule has 0 aliphatic rings. The van der Waals surface area contributed by atoms with Crippen molar-refractivity contribution in [3.8, 4) is 0 Å². The van der Waals surface area contributed by atoms with E-state index in [1.807, 2.05) is 0 Å². The van der Waals surface area contributed by atoms with Gasteiger partial charge in [0.2, 0.25) is 0 Å². The van der Waals surface area contributed by atoms with Crippen LogP contribution in [0.5, 0.6) is 0 Å². The van der Waals surface area contributed by atoms with Crippen molar-refractivity contribution >= 4 is 0 Å². The molecule has 0 radical (unpaired) electrons. The summed E-state index contributed by atoms with van der Waals surface area (Å²) in [4.78, 5) is 0. The van der Waals surface area contributed by atoms with E-state index in [1.54, 1.807) is 14.0 Å². The van der Waals surface area contributed by atoms with E-state index in [-0.39, 0.29) is 12.4 Å². The highest BCUT2D eigenvalue weighted by molar-refractivity contribution is 4.28. The van der Waals surface area contributed by atoms with Gasteiger partial charge in [-0.3, -0.25) is 5.32 Å². The van der Waals surface area contributed by atoms with Crippen molar-refractivity contribution in [3.63, 3.8) is 0 Å². The topological polar surface area (TPSA) is 67.3 Å². The molecule has 5 N–H and O–H groups in total. The van der Waals surface area contributed by atoms with Crippen LogP contribution in [0.1, 0.15) is 6.92 Å². The quantitative estimate of drug-likeness (QED) is 0.389. The fourth-order valence-corrected chi connectivity index (χ4v) is 0. The molecule has 3 heteroatoms. The van der Waals surface area contributed by atoms with Gasteiger partial charge >= 0.3 is 0 Å². The van der Waals surface area contributed by atoms with Gasteiger partial charge < -0.3 is 11.3 Å². The van der Waals surface area contributed by atoms with Gasteiger partial charge in [0, 0.05) is 0 Å². The Morgan fingerprint density at radius 2 is 1.83 bits per heavy atom. The zero-order valence-electron chi connectivity index (χ0n) is 4.23. The van der Waals surface area contributed by atoms with Crippen molar-refractivity contribution in [3.05, 3.63) is 0 Å². The molecular formula is C3H12N2O. The molecule has 0 heterocycles. The summed E-state index contributed by atoms with van der Waals surface area (Å²) in [5, 5.41) is 10.8. The predicted molar refractivity (Wildman–Crippen MR) is 25.8 cm³/mol. The minimum Gasteiger partial charge on any atom is -0.379 e. The minimum absolute atomic E-state index is 0. The Morgan fingerprint density at radius 1 is 1.67 bits per heavy atom. The van der Waals surface area contributed by atoms with E-state index in [2.05, 4.69) is 5.32 Å². The Balaban J connectivity index is 0. The van der Waals surface area contributed by atoms with Gasteiger partial charge in [0.1, 0.15) is 6.23 Å². The Morgan fingerprint density at radius 3 is 1.83 bits per heavy atom. The molecule has 0 aromatic rings. The second-order valence-corrected chi connectivity index (χ2v) is 0.965. The molecule has 0 fully saturated rings. The van der Waals surface area contributed by atoms with Crippen LogP contribution in [0.2, 0.25) is 0 Å². The lowest BCUT2D eigenvalue weighted by Gasteiger charge is -1.94. The second-order valence-electron chi connectivity index (χ2n) is 0.965. The lowest BCUT2D eigenvalue weighted by Crippen LogP contribution is -2.19. The van der Waals surface area contributed by atoms with Crippen LogP contribution in [0.25, 0.3) is 0 Å². The Labute approximate surface area is 37.9 Å². The summed E-state index contributed by atoms with van der Waals surface area (Å²) in [6, 6.07) is 0. The Kier molecular flexibility index (Phi) is 7.57. The maximum atomic E-state index is 8.25. The van der Waals surface area contributed by atoms with E-state index in [9.17, 15) is 0 Å². The van der Waals surface area contributed by atoms with Gasteiger partial charge in [-0.15, -0.1) is 0 Å². The average molecular weight is 92.1 g/mol. The van der Waals surface area contributed by atoms with Crippen LogP contribution in [-0.2, 0) is 0 Å². The maximum Gasteiger partial charge on any atom is 0.101 e. The number of hydrogen-bond donors (Lipinski definition) is 3. The Hall–Kier alpha value is -0.120. The highest BCUT2D eigenvalue weighted by Gasteiger charge is 1.78. The first-order valence-electron chi connectivity index (χ1n) is 1.62. The van der Waals surface area contributed by atoms with Crippen LogP contribution in [0, 0.1) is 0 Å². The molecule has 0 saturated heterocycles. The first-order chi connectivity index (χ1) is 2.27. The average Bonchev–Trinajstić information content (AvgIpc) is 1.38. The van der Waals surface area contributed by atoms with Gasteiger partial charge in [-0.1, -0.05) is 0 Å². The fraction of sp³-hybridized carbons (Fsp3) is 1.00. The first-order valence-corrected chi connectivity index (χ1v) is 1.62. The molecule has 6 heavy (non-hydrogen) atoms. The molecule has 1 atom stereocenters. The van der Waals surface area contributed by atoms with E-state index in [4.69, 9.17) is 5.11 Å². The van der Waals surface area contributed by atoms with Crippen LogP contribution in [-0.4, -0.2) is 18.4 Å². The molecule has 0 aromatic carbocycles. The number of aliphatic hydroxyl groups excluding tert-OH is 1. The zero-order valence-corrected chi connectivity index (χ0v) is 4.23. The van der Waals surface area contributed by atoms with E-state index in [1.165, 1.54) is 0 Å². The summed E-state index contributed by atoms with van der Waals surface area (Å²) < 4.78 is 0. The molecule has 0 spiro atoms. The third-order valence-corrected chi connectivity index (χ3v) is 0.418. The summed E-state index contributed by atoms with van der Waals surface area (Å²) >= 11 is 0. The van der Waals surface area contributed by atoms with Crippen LogP contribution >= 0.6 is 0 Å². The first kappa shape index (κ1) is 9.30. The molecule has 3 nitrogen and oxygen atoms in total. The third kappa shape index (κ3) is 9.11. The number of nitrogens with one attached hydrogen (secondary N) is 1. The number of rotatable bonds is 1. The fourth-order valence-electron chi connectivity index (χ4n) is 0. The largest absolute Gasteiger partial charge is 0.379 e. The van der Waals surface area contributed by atoms with Crippen molar-refractivity contribution in [2.24, 2.45) is 0 Å². The van der Waals surface area contributed by atoms with Gasteiger partial charge in [0.05, 0.1) is 0 Å². The van der Waals surface area contributed by atoms with Crippen LogP contribution in [0.15, 0.2) is 0 Å². The highest BCUT2D eigenvalue weighted by Crippen LogP contribution is 1.59. The van der Waals surface area contributed by atoms with Gasteiger partial charge in [-0.25, -0.2) is 0 Å². The summed E-state index contributed by atoms with van der Waals surface area (Å²) in [6.45, 7) is 1.67. The third-order valence-electron chi connectivity index (χ3n) is 0.418. The van der Waals surface area contributed by atoms with Crippen molar-refractivity contribution in [2.45, 2.75) is 13.2 Å². The minimum atomic E-state index is -0.366. The van der Waals surface area contributed by atoms with Crippen molar-refractivity contribution < 1.29 is 5.11 Å². The Bertz CT molecular complexity index is 22.8. The predicted octanol–water partition coefficient (Wildman–Crippen LogP) is -0.294. The number of aliphatic hydroxyl groups is 1. The smallest absolute Gasteiger partial charge is 0.101 e. The number of hydrogen-bond acceptors (Lipinski definition) is 3. The van der Waals surface area contributed by atoms with Crippen LogP contribution in [0.4, 0.5) is 0 Å². The van der Waals surface area contributed by atoms with E-state index >= 15 is 0 Å². The summed E-state index contributed by atoms with van der Waals surface area (Å²) in [6.07, 6.45) is -0.366. The van der Waals surface area contributed by atoms with Gasteiger partial charge in [-0.2, -0.15) is 0 Å². The van der Waals surface area contributed by atoms with Crippen LogP contribution < -0.4 is 11.5 Å². The standard InChI is InChI=1S/C3H9NO.H3N/c1-3(5)4-2;/h3-5H,1-2H3;1H3. The summed E-state index contributed by atoms with van der Waals surface area (Å²) in [5.41, 5.74) is 0. The molecule has 0 rings (SSSR count). The summed E-state index contributed by atoms with van der Waals surface area (Å²) in [5.74, 6) is 0. The van der Waals surface area contributed by atoms with Gasteiger partial charge in [0.25, 0.3) is 0 Å². The maximum absolute atomic E-state index is 8.25. The van der Waals surface area contributed by atoms with Crippen molar-refractivity contribution in [1.82, 2.24) is 11.5 Å². The monoisotopic (exact) mass is 92.1 g/mol. The van der Waals surface area contributed by atoms with E-state index in [0.717, 1.165) is 0 Å². The highest BCUT2D eigenvalue weighted by atomic mass is 16.3. The molecule has 0 bridgehead atoms. The molecule has 0 saturated carbocycles. The molecule has 40 valence electrons. The van der Waals surface area contributed by atoms with Crippen molar-refractivity contribution in [1.29, 1.82) is 0 Å². The van der Waals surface area contributed by atoms with Gasteiger partial charge in [-0.05, 0) is 14.0 Å². The molecule has 0 aliphatic heterocycles. The normalized spacial score (nSPS) is 12.5.